The molecule has 0 bridgehead atoms. The number of nitrogens with two attached hydrogens (primary N) is 1. The first-order chi connectivity index (χ1) is 18.0. The van der Waals surface area contributed by atoms with Crippen LogP contribution in [0.4, 0.5) is 0 Å². The minimum Gasteiger partial charge on any atom is -0.342 e. The molecule has 0 fully saturated rings. The zero-order valence-corrected chi connectivity index (χ0v) is 20.2. The summed E-state index contributed by atoms with van der Waals surface area (Å²) in [6.07, 6.45) is 1.94. The van der Waals surface area contributed by atoms with E-state index in [9.17, 15) is 9.59 Å². The second kappa shape index (κ2) is 9.04. The summed E-state index contributed by atoms with van der Waals surface area (Å²) in [5, 5.41) is 2.78. The molecule has 0 radical (unpaired) electrons. The minimum atomic E-state index is -0.587. The Hall–Kier alpha value is -4.75. The van der Waals surface area contributed by atoms with E-state index in [1.54, 1.807) is 0 Å². The zero-order chi connectivity index (χ0) is 25.5. The third-order valence-electron chi connectivity index (χ3n) is 6.52. The maximum Gasteiger partial charge on any atom is 0.330 e. The van der Waals surface area contributed by atoms with Crippen molar-refractivity contribution < 1.29 is 9.63 Å². The van der Waals surface area contributed by atoms with Crippen molar-refractivity contribution in [2.45, 2.75) is 20.0 Å². The van der Waals surface area contributed by atoms with Crippen LogP contribution >= 0.6 is 0 Å². The van der Waals surface area contributed by atoms with Gasteiger partial charge in [0.05, 0.1) is 5.52 Å². The third-order valence-corrected chi connectivity index (χ3v) is 6.52. The van der Waals surface area contributed by atoms with E-state index in [-0.39, 0.29) is 5.69 Å². The van der Waals surface area contributed by atoms with Gasteiger partial charge in [-0.2, -0.15) is 0 Å². The first-order valence-corrected chi connectivity index (χ1v) is 12.0. The van der Waals surface area contributed by atoms with Crippen LogP contribution in [0.25, 0.3) is 44.0 Å². The fourth-order valence-corrected chi connectivity index (χ4v) is 4.85. The lowest BCUT2D eigenvalue weighted by atomic mass is 10.1. The quantitative estimate of drug-likeness (QED) is 0.357. The molecule has 0 spiro atoms. The summed E-state index contributed by atoms with van der Waals surface area (Å²) in [6.45, 7) is 2.35. The van der Waals surface area contributed by atoms with Gasteiger partial charge in [0.15, 0.2) is 0 Å². The Morgan fingerprint density at radius 3 is 2.41 bits per heavy atom. The van der Waals surface area contributed by atoms with Crippen LogP contribution in [0.15, 0.2) is 95.9 Å². The van der Waals surface area contributed by atoms with Crippen LogP contribution in [0.3, 0.4) is 0 Å². The van der Waals surface area contributed by atoms with Crippen LogP contribution in [0.1, 0.15) is 18.1 Å². The third kappa shape index (κ3) is 4.05. The Morgan fingerprint density at radius 1 is 0.892 bits per heavy atom. The highest BCUT2D eigenvalue weighted by molar-refractivity contribution is 5.98. The fraction of sp³-hybridized carbons (Fsp3) is 0.100. The van der Waals surface area contributed by atoms with Gasteiger partial charge >= 0.3 is 11.5 Å². The van der Waals surface area contributed by atoms with Crippen LogP contribution in [0.5, 0.6) is 0 Å². The van der Waals surface area contributed by atoms with Crippen LogP contribution in [-0.2, 0) is 17.9 Å². The summed E-state index contributed by atoms with van der Waals surface area (Å²) in [5.41, 5.74) is 10.4. The van der Waals surface area contributed by atoms with Gasteiger partial charge in [0.1, 0.15) is 11.2 Å². The average molecular weight is 489 g/mol. The van der Waals surface area contributed by atoms with Gasteiger partial charge < -0.3 is 15.1 Å². The minimum absolute atomic E-state index is 0.217. The average Bonchev–Trinajstić information content (AvgIpc) is 3.27. The smallest absolute Gasteiger partial charge is 0.330 e. The molecule has 0 aliphatic carbocycles. The predicted molar refractivity (Wildman–Crippen MR) is 145 cm³/mol. The number of benzene rings is 4. The van der Waals surface area contributed by atoms with Crippen LogP contribution < -0.4 is 16.1 Å². The normalized spacial score (nSPS) is 11.4. The Morgan fingerprint density at radius 2 is 1.62 bits per heavy atom. The summed E-state index contributed by atoms with van der Waals surface area (Å²) in [7, 11) is 0. The lowest BCUT2D eigenvalue weighted by Gasteiger charge is -2.11. The van der Waals surface area contributed by atoms with Crippen LogP contribution in [-0.4, -0.2) is 20.3 Å². The lowest BCUT2D eigenvalue weighted by Crippen LogP contribution is -2.31. The molecule has 2 heterocycles. The standard InChI is InChI=1S/C30H24N4O3/c1-19(35)37-34-28-15-23-10-3-2-9-22(23)14-26(28)32-29(30(34)36)25-18-33(27-12-5-4-11-24(25)27)17-21-8-6-7-20(13-21)16-31/h2-15,18H,16-17,31H2,1H3. The molecular weight excluding hydrogens is 464 g/mol. The molecule has 0 unspecified atom stereocenters. The molecule has 6 aromatic rings. The molecule has 0 saturated carbocycles. The van der Waals surface area contributed by atoms with E-state index in [1.165, 1.54) is 6.92 Å². The fourth-order valence-electron chi connectivity index (χ4n) is 4.85. The molecule has 7 heteroatoms. The van der Waals surface area contributed by atoms with E-state index in [2.05, 4.69) is 16.7 Å². The number of hydrogen-bond donors (Lipinski definition) is 1. The molecule has 182 valence electrons. The van der Waals surface area contributed by atoms with Crippen molar-refractivity contribution in [1.82, 2.24) is 14.3 Å². The second-order valence-electron chi connectivity index (χ2n) is 9.04. The van der Waals surface area contributed by atoms with Crippen molar-refractivity contribution in [1.29, 1.82) is 0 Å². The Kier molecular flexibility index (Phi) is 5.54. The maximum atomic E-state index is 13.7. The molecule has 4 aromatic carbocycles. The number of nitrogens with zero attached hydrogens (tertiary/aromatic N) is 3. The largest absolute Gasteiger partial charge is 0.342 e. The molecule has 6 rings (SSSR count). The highest BCUT2D eigenvalue weighted by atomic mass is 16.7. The topological polar surface area (TPSA) is 92.1 Å². The number of fused-ring (bicyclic) bond motifs is 3. The molecule has 0 atom stereocenters. The van der Waals surface area contributed by atoms with Crippen molar-refractivity contribution >= 4 is 38.7 Å². The molecule has 37 heavy (non-hydrogen) atoms. The van der Waals surface area contributed by atoms with Gasteiger partial charge in [0.25, 0.3) is 0 Å². The molecule has 2 N–H and O–H groups in total. The summed E-state index contributed by atoms with van der Waals surface area (Å²) in [5.74, 6) is -0.587. The highest BCUT2D eigenvalue weighted by Gasteiger charge is 2.20. The number of para-hydroxylation sites is 1. The molecule has 7 nitrogen and oxygen atoms in total. The van der Waals surface area contributed by atoms with Crippen LogP contribution in [0, 0.1) is 0 Å². The number of carbonyl (C=O) groups is 1. The SMILES string of the molecule is CC(=O)On1c(=O)c(-c2cn(Cc3cccc(CN)c3)c3ccccc23)nc2cc3ccccc3cc21. The first kappa shape index (κ1) is 22.7. The van der Waals surface area contributed by atoms with Gasteiger partial charge in [-0.1, -0.05) is 66.7 Å². The van der Waals surface area contributed by atoms with E-state index in [0.29, 0.717) is 29.7 Å². The van der Waals surface area contributed by atoms with E-state index in [1.807, 2.05) is 79.0 Å². The predicted octanol–water partition coefficient (Wildman–Crippen LogP) is 4.65. The number of rotatable bonds is 5. The maximum absolute atomic E-state index is 13.7. The van der Waals surface area contributed by atoms with E-state index >= 15 is 0 Å². The number of hydrogen-bond acceptors (Lipinski definition) is 5. The van der Waals surface area contributed by atoms with Gasteiger partial charge in [0.2, 0.25) is 0 Å². The van der Waals surface area contributed by atoms with Gasteiger partial charge in [-0.25, -0.2) is 9.78 Å². The summed E-state index contributed by atoms with van der Waals surface area (Å²) in [4.78, 5) is 35.9. The van der Waals surface area contributed by atoms with Crippen molar-refractivity contribution in [2.75, 3.05) is 0 Å². The lowest BCUT2D eigenvalue weighted by molar-refractivity contribution is -0.141. The Labute approximate surface area is 212 Å². The van der Waals surface area contributed by atoms with Crippen LogP contribution in [0.2, 0.25) is 0 Å². The summed E-state index contributed by atoms with van der Waals surface area (Å²) < 4.78 is 3.16. The Balaban J connectivity index is 1.59. The number of aromatic nitrogens is 3. The van der Waals surface area contributed by atoms with Gasteiger partial charge in [0, 0.05) is 42.7 Å². The van der Waals surface area contributed by atoms with Crippen molar-refractivity contribution in [3.8, 4) is 11.3 Å². The van der Waals surface area contributed by atoms with Gasteiger partial charge in [-0.05, 0) is 40.1 Å². The van der Waals surface area contributed by atoms with E-state index in [4.69, 9.17) is 15.6 Å². The van der Waals surface area contributed by atoms with Gasteiger partial charge in [-0.15, -0.1) is 4.73 Å². The second-order valence-corrected chi connectivity index (χ2v) is 9.04. The summed E-state index contributed by atoms with van der Waals surface area (Å²) >= 11 is 0. The molecule has 0 aliphatic heterocycles. The molecule has 0 saturated heterocycles. The molecule has 0 aliphatic rings. The monoisotopic (exact) mass is 488 g/mol. The molecular formula is C30H24N4O3. The Bertz CT molecular complexity index is 1880. The van der Waals surface area contributed by atoms with Crippen molar-refractivity contribution in [3.63, 3.8) is 0 Å². The zero-order valence-electron chi connectivity index (χ0n) is 20.2. The first-order valence-electron chi connectivity index (χ1n) is 12.0. The van der Waals surface area contributed by atoms with Crippen molar-refractivity contribution in [2.24, 2.45) is 5.73 Å². The van der Waals surface area contributed by atoms with Crippen molar-refractivity contribution in [3.05, 3.63) is 113 Å². The highest BCUT2D eigenvalue weighted by Crippen LogP contribution is 2.30. The van der Waals surface area contributed by atoms with Gasteiger partial charge in [-0.3, -0.25) is 4.79 Å². The summed E-state index contributed by atoms with van der Waals surface area (Å²) in [6, 6.07) is 27.6. The van der Waals surface area contributed by atoms with E-state index in [0.717, 1.165) is 37.5 Å². The van der Waals surface area contributed by atoms with E-state index < -0.39 is 11.5 Å². The molecule has 0 amide bonds. The molecule has 2 aromatic heterocycles. The number of carbonyl (C=O) groups excluding carboxylic acids is 1.